The molecule has 0 atom stereocenters. The zero-order valence-corrected chi connectivity index (χ0v) is 34.4. The summed E-state index contributed by atoms with van der Waals surface area (Å²) in [6.07, 6.45) is -0.454. The molecule has 0 radical (unpaired) electrons. The minimum absolute atomic E-state index is 0.0349. The van der Waals surface area contributed by atoms with Gasteiger partial charge in [0, 0.05) is 19.6 Å². The van der Waals surface area contributed by atoms with E-state index in [0.717, 1.165) is 0 Å². The summed E-state index contributed by atoms with van der Waals surface area (Å²) in [5.74, 6) is 0.0349. The number of rotatable bonds is 41. The molecular weight excluding hydrogens is 758 g/mol. The predicted octanol–water partition coefficient (Wildman–Crippen LogP) is 3.37. The Morgan fingerprint density at radius 3 is 1.00 bits per heavy atom. The van der Waals surface area contributed by atoms with E-state index in [4.69, 9.17) is 66.3 Å². The Kier molecular flexibility index (Phi) is 30.8. The molecule has 1 N–H and O–H groups in total. The third kappa shape index (κ3) is 24.3. The maximum Gasteiger partial charge on any atom is 0.407 e. The zero-order valence-electron chi connectivity index (χ0n) is 34.4. The maximum atomic E-state index is 12.3. The average Bonchev–Trinajstić information content (AvgIpc) is 3.57. The van der Waals surface area contributed by atoms with Crippen molar-refractivity contribution in [2.45, 2.75) is 5.92 Å². The van der Waals surface area contributed by atoms with E-state index in [0.29, 0.717) is 172 Å². The number of hydrogen-bond acceptors (Lipinski definition) is 15. The van der Waals surface area contributed by atoms with Crippen molar-refractivity contribution in [2.24, 2.45) is 0 Å². The number of methoxy groups -OCH3 is 1. The summed E-state index contributed by atoms with van der Waals surface area (Å²) in [6.45, 7) is 13.0. The summed E-state index contributed by atoms with van der Waals surface area (Å²) in [5.41, 5.74) is 4.77. The van der Waals surface area contributed by atoms with E-state index >= 15 is 0 Å². The summed E-state index contributed by atoms with van der Waals surface area (Å²) < 4.78 is 76.1. The molecule has 16 nitrogen and oxygen atoms in total. The lowest BCUT2D eigenvalue weighted by Gasteiger charge is -2.14. The van der Waals surface area contributed by atoms with Crippen molar-refractivity contribution in [1.82, 2.24) is 5.32 Å². The molecule has 1 aliphatic carbocycles. The quantitative estimate of drug-likeness (QED) is 0.0973. The van der Waals surface area contributed by atoms with E-state index < -0.39 is 6.09 Å². The molecule has 0 heterocycles. The van der Waals surface area contributed by atoms with E-state index in [2.05, 4.69) is 29.6 Å². The van der Waals surface area contributed by atoms with Crippen molar-refractivity contribution in [3.8, 4) is 11.1 Å². The number of amides is 1. The standard InChI is InChI=1S/C42H67NO15/c1-45-12-13-47-16-17-49-20-21-51-24-25-53-28-29-55-32-33-57-35-34-56-31-30-54-27-26-52-23-22-50-19-18-48-15-14-46-11-10-43-42(44)58-36-41-39-8-4-2-6-37(39)38-7-3-5-9-40(38)41/h2-9,41H,10-36H2,1H3,(H,43,44). The Bertz CT molecular complexity index is 1210. The summed E-state index contributed by atoms with van der Waals surface area (Å²) in [5, 5.41) is 2.74. The molecule has 0 bridgehead atoms. The third-order valence-electron chi connectivity index (χ3n) is 8.38. The molecule has 0 spiro atoms. The molecule has 0 saturated carbocycles. The van der Waals surface area contributed by atoms with Gasteiger partial charge in [0.1, 0.15) is 6.61 Å². The molecule has 2 aromatic carbocycles. The van der Waals surface area contributed by atoms with E-state index in [9.17, 15) is 4.79 Å². The topological polar surface area (TPSA) is 158 Å². The van der Waals surface area contributed by atoms with Crippen LogP contribution in [-0.4, -0.2) is 192 Å². The van der Waals surface area contributed by atoms with Crippen molar-refractivity contribution in [2.75, 3.05) is 185 Å². The van der Waals surface area contributed by atoms with Gasteiger partial charge in [-0.25, -0.2) is 4.79 Å². The second kappa shape index (κ2) is 36.1. The average molecular weight is 826 g/mol. The fourth-order valence-electron chi connectivity index (χ4n) is 5.54. The van der Waals surface area contributed by atoms with Crippen LogP contribution < -0.4 is 5.32 Å². The molecule has 330 valence electrons. The highest BCUT2D eigenvalue weighted by molar-refractivity contribution is 5.79. The molecule has 0 saturated heterocycles. The molecule has 2 aromatic rings. The number of benzene rings is 2. The van der Waals surface area contributed by atoms with E-state index in [1.165, 1.54) is 22.3 Å². The van der Waals surface area contributed by atoms with Gasteiger partial charge in [0.2, 0.25) is 0 Å². The number of fused-ring (bicyclic) bond motifs is 3. The van der Waals surface area contributed by atoms with E-state index in [1.807, 2.05) is 24.3 Å². The van der Waals surface area contributed by atoms with Crippen molar-refractivity contribution < 1.29 is 71.1 Å². The molecule has 0 unspecified atom stereocenters. The smallest absolute Gasteiger partial charge is 0.407 e. The molecule has 58 heavy (non-hydrogen) atoms. The molecule has 16 heteroatoms. The Morgan fingerprint density at radius 1 is 0.414 bits per heavy atom. The minimum atomic E-state index is -0.454. The van der Waals surface area contributed by atoms with Crippen LogP contribution in [0.3, 0.4) is 0 Å². The predicted molar refractivity (Wildman–Crippen MR) is 215 cm³/mol. The lowest BCUT2D eigenvalue weighted by atomic mass is 9.98. The van der Waals surface area contributed by atoms with Crippen LogP contribution in [0.15, 0.2) is 48.5 Å². The fourth-order valence-corrected chi connectivity index (χ4v) is 5.54. The summed E-state index contributed by atoms with van der Waals surface area (Å²) in [6, 6.07) is 16.5. The van der Waals surface area contributed by atoms with Crippen LogP contribution in [0, 0.1) is 0 Å². The first-order valence-corrected chi connectivity index (χ1v) is 20.3. The SMILES string of the molecule is COCCOCCOCCOCCOCCOCCOCCOCCOCCOCCOCCOCCOCCNC(=O)OCC1c2ccccc2-c2ccccc21. The van der Waals surface area contributed by atoms with Crippen LogP contribution in [0.4, 0.5) is 4.79 Å². The van der Waals surface area contributed by atoms with E-state index in [1.54, 1.807) is 7.11 Å². The molecular formula is C42H67NO15. The van der Waals surface area contributed by atoms with Gasteiger partial charge < -0.3 is 71.6 Å². The molecule has 0 fully saturated rings. The number of nitrogens with one attached hydrogen (secondary N) is 1. The number of carbonyl (C=O) groups is 1. The molecule has 1 amide bonds. The second-order valence-corrected chi connectivity index (χ2v) is 12.6. The van der Waals surface area contributed by atoms with Crippen LogP contribution >= 0.6 is 0 Å². The van der Waals surface area contributed by atoms with E-state index in [-0.39, 0.29) is 12.5 Å². The number of alkyl carbamates (subject to hydrolysis) is 1. The first-order valence-electron chi connectivity index (χ1n) is 20.3. The monoisotopic (exact) mass is 825 g/mol. The zero-order chi connectivity index (χ0) is 40.8. The first-order chi connectivity index (χ1) is 28.8. The minimum Gasteiger partial charge on any atom is -0.449 e. The van der Waals surface area contributed by atoms with Crippen molar-refractivity contribution in [1.29, 1.82) is 0 Å². The van der Waals surface area contributed by atoms with Crippen LogP contribution in [0.5, 0.6) is 0 Å². The summed E-state index contributed by atoms with van der Waals surface area (Å²) in [4.78, 5) is 12.3. The maximum absolute atomic E-state index is 12.3. The first kappa shape index (κ1) is 49.6. The highest BCUT2D eigenvalue weighted by atomic mass is 16.6. The van der Waals surface area contributed by atoms with Crippen molar-refractivity contribution in [3.05, 3.63) is 59.7 Å². The second-order valence-electron chi connectivity index (χ2n) is 12.6. The Morgan fingerprint density at radius 2 is 0.690 bits per heavy atom. The number of carbonyl (C=O) groups excluding carboxylic acids is 1. The normalized spacial score (nSPS) is 12.2. The highest BCUT2D eigenvalue weighted by Crippen LogP contribution is 2.44. The molecule has 3 rings (SSSR count). The number of hydrogen-bond donors (Lipinski definition) is 1. The van der Waals surface area contributed by atoms with Crippen LogP contribution in [0.2, 0.25) is 0 Å². The van der Waals surface area contributed by atoms with Gasteiger partial charge in [0.15, 0.2) is 0 Å². The van der Waals surface area contributed by atoms with Gasteiger partial charge in [-0.15, -0.1) is 0 Å². The van der Waals surface area contributed by atoms with Gasteiger partial charge in [-0.2, -0.15) is 0 Å². The Hall–Kier alpha value is -2.81. The Balaban J connectivity index is 0.927. The van der Waals surface area contributed by atoms with Gasteiger partial charge in [-0.3, -0.25) is 0 Å². The summed E-state index contributed by atoms with van der Waals surface area (Å²) >= 11 is 0. The van der Waals surface area contributed by atoms with Crippen LogP contribution in [0.1, 0.15) is 17.0 Å². The van der Waals surface area contributed by atoms with Gasteiger partial charge in [0.25, 0.3) is 0 Å². The molecule has 1 aliphatic rings. The van der Waals surface area contributed by atoms with Crippen molar-refractivity contribution in [3.63, 3.8) is 0 Å². The number of ether oxygens (including phenoxy) is 14. The van der Waals surface area contributed by atoms with Gasteiger partial charge in [-0.05, 0) is 22.3 Å². The van der Waals surface area contributed by atoms with Crippen LogP contribution in [0.25, 0.3) is 11.1 Å². The van der Waals surface area contributed by atoms with Crippen molar-refractivity contribution >= 4 is 6.09 Å². The lowest BCUT2D eigenvalue weighted by molar-refractivity contribution is -0.0287. The molecule has 0 aromatic heterocycles. The third-order valence-corrected chi connectivity index (χ3v) is 8.38. The fraction of sp³-hybridized carbons (Fsp3) is 0.690. The van der Waals surface area contributed by atoms with Gasteiger partial charge in [0.05, 0.1) is 165 Å². The highest BCUT2D eigenvalue weighted by Gasteiger charge is 2.28. The summed E-state index contributed by atoms with van der Waals surface area (Å²) in [7, 11) is 1.64. The van der Waals surface area contributed by atoms with Gasteiger partial charge in [-0.1, -0.05) is 48.5 Å². The lowest BCUT2D eigenvalue weighted by Crippen LogP contribution is -2.29. The van der Waals surface area contributed by atoms with Gasteiger partial charge >= 0.3 is 6.09 Å². The van der Waals surface area contributed by atoms with Crippen LogP contribution in [-0.2, 0) is 66.3 Å². The largest absolute Gasteiger partial charge is 0.449 e. The Labute approximate surface area is 344 Å². The molecule has 0 aliphatic heterocycles.